The van der Waals surface area contributed by atoms with Crippen molar-refractivity contribution in [2.75, 3.05) is 0 Å². The van der Waals surface area contributed by atoms with Gasteiger partial charge in [-0.1, -0.05) is 24.3 Å². The van der Waals surface area contributed by atoms with Gasteiger partial charge < -0.3 is 0 Å². The SMILES string of the molecule is N#Cc1cc2c(c3ccccc13)CCCC2. The zero-order chi connectivity index (χ0) is 11.0. The fourth-order valence-corrected chi connectivity index (χ4v) is 2.72. The van der Waals surface area contributed by atoms with E-state index in [4.69, 9.17) is 0 Å². The Morgan fingerprint density at radius 2 is 1.75 bits per heavy atom. The lowest BCUT2D eigenvalue weighted by Gasteiger charge is -2.18. The van der Waals surface area contributed by atoms with E-state index in [1.807, 2.05) is 6.07 Å². The van der Waals surface area contributed by atoms with Gasteiger partial charge in [0.1, 0.15) is 0 Å². The van der Waals surface area contributed by atoms with Crippen molar-refractivity contribution in [3.63, 3.8) is 0 Å². The largest absolute Gasteiger partial charge is 0.192 e. The molecule has 0 fully saturated rings. The first kappa shape index (κ1) is 9.42. The Kier molecular flexibility index (Phi) is 2.15. The van der Waals surface area contributed by atoms with E-state index in [2.05, 4.69) is 30.3 Å². The van der Waals surface area contributed by atoms with E-state index in [0.29, 0.717) is 0 Å². The van der Waals surface area contributed by atoms with Gasteiger partial charge in [0.25, 0.3) is 0 Å². The molecule has 0 aliphatic heterocycles. The van der Waals surface area contributed by atoms with Crippen LogP contribution in [-0.2, 0) is 12.8 Å². The first-order valence-electron chi connectivity index (χ1n) is 5.84. The van der Waals surface area contributed by atoms with E-state index in [0.717, 1.165) is 17.4 Å². The molecule has 0 aromatic heterocycles. The van der Waals surface area contributed by atoms with Crippen LogP contribution in [0.3, 0.4) is 0 Å². The molecule has 0 N–H and O–H groups in total. The molecule has 1 heteroatoms. The Balaban J connectivity index is 2.41. The van der Waals surface area contributed by atoms with Crippen LogP contribution in [0.15, 0.2) is 30.3 Å². The van der Waals surface area contributed by atoms with Crippen molar-refractivity contribution in [2.24, 2.45) is 0 Å². The molecule has 0 radical (unpaired) electrons. The number of aryl methyl sites for hydroxylation is 2. The van der Waals surface area contributed by atoms with Gasteiger partial charge in [0.05, 0.1) is 11.6 Å². The molecule has 16 heavy (non-hydrogen) atoms. The topological polar surface area (TPSA) is 23.8 Å². The second-order valence-electron chi connectivity index (χ2n) is 4.43. The highest BCUT2D eigenvalue weighted by atomic mass is 14.3. The zero-order valence-electron chi connectivity index (χ0n) is 9.16. The number of benzene rings is 2. The predicted molar refractivity (Wildman–Crippen MR) is 65.3 cm³/mol. The molecule has 0 saturated heterocycles. The van der Waals surface area contributed by atoms with E-state index in [-0.39, 0.29) is 0 Å². The van der Waals surface area contributed by atoms with Crippen molar-refractivity contribution < 1.29 is 0 Å². The Morgan fingerprint density at radius 1 is 1.00 bits per heavy atom. The van der Waals surface area contributed by atoms with Gasteiger partial charge in [0.15, 0.2) is 0 Å². The lowest BCUT2D eigenvalue weighted by molar-refractivity contribution is 0.690. The lowest BCUT2D eigenvalue weighted by Crippen LogP contribution is -2.04. The minimum Gasteiger partial charge on any atom is -0.192 e. The average Bonchev–Trinajstić information content (AvgIpc) is 2.38. The highest BCUT2D eigenvalue weighted by Crippen LogP contribution is 2.31. The van der Waals surface area contributed by atoms with Crippen molar-refractivity contribution in [1.29, 1.82) is 5.26 Å². The summed E-state index contributed by atoms with van der Waals surface area (Å²) in [5.41, 5.74) is 3.69. The standard InChI is InChI=1S/C15H13N/c16-10-12-9-11-5-1-2-6-13(11)15-8-4-3-7-14(12)15/h3-4,7-9H,1-2,5-6H2. The van der Waals surface area contributed by atoms with E-state index in [9.17, 15) is 5.26 Å². The summed E-state index contributed by atoms with van der Waals surface area (Å²) in [7, 11) is 0. The van der Waals surface area contributed by atoms with Crippen molar-refractivity contribution in [3.05, 3.63) is 47.0 Å². The molecule has 78 valence electrons. The molecule has 1 aliphatic rings. The summed E-state index contributed by atoms with van der Waals surface area (Å²) in [5.74, 6) is 0. The third-order valence-electron chi connectivity index (χ3n) is 3.49. The van der Waals surface area contributed by atoms with Crippen LogP contribution in [0.4, 0.5) is 0 Å². The molecule has 0 heterocycles. The molecule has 1 aliphatic carbocycles. The Hall–Kier alpha value is -1.81. The molecule has 0 amide bonds. The van der Waals surface area contributed by atoms with Crippen LogP contribution >= 0.6 is 0 Å². The van der Waals surface area contributed by atoms with Gasteiger partial charge >= 0.3 is 0 Å². The molecule has 3 rings (SSSR count). The number of nitriles is 1. The summed E-state index contributed by atoms with van der Waals surface area (Å²) in [6.07, 6.45) is 4.84. The maximum atomic E-state index is 9.19. The van der Waals surface area contributed by atoms with Crippen molar-refractivity contribution in [1.82, 2.24) is 0 Å². The highest BCUT2D eigenvalue weighted by Gasteiger charge is 2.14. The fraction of sp³-hybridized carbons (Fsp3) is 0.267. The predicted octanol–water partition coefficient (Wildman–Crippen LogP) is 3.59. The minimum absolute atomic E-state index is 0.830. The Bertz CT molecular complexity index is 590. The summed E-state index contributed by atoms with van der Waals surface area (Å²) in [6.45, 7) is 0. The number of hydrogen-bond acceptors (Lipinski definition) is 1. The third-order valence-corrected chi connectivity index (χ3v) is 3.49. The molecular formula is C15H13N. The summed E-state index contributed by atoms with van der Waals surface area (Å²) in [5, 5.41) is 11.6. The minimum atomic E-state index is 0.830. The molecule has 0 spiro atoms. The van der Waals surface area contributed by atoms with Crippen molar-refractivity contribution in [2.45, 2.75) is 25.7 Å². The monoisotopic (exact) mass is 207 g/mol. The van der Waals surface area contributed by atoms with Crippen LogP contribution in [0.5, 0.6) is 0 Å². The molecule has 0 atom stereocenters. The van der Waals surface area contributed by atoms with Gasteiger partial charge in [0.2, 0.25) is 0 Å². The van der Waals surface area contributed by atoms with Gasteiger partial charge in [-0.2, -0.15) is 5.26 Å². The maximum absolute atomic E-state index is 9.19. The molecule has 2 aromatic rings. The molecule has 0 bridgehead atoms. The van der Waals surface area contributed by atoms with Crippen LogP contribution in [-0.4, -0.2) is 0 Å². The van der Waals surface area contributed by atoms with Crippen LogP contribution in [0.1, 0.15) is 29.5 Å². The molecule has 0 saturated carbocycles. The smallest absolute Gasteiger partial charge is 0.0998 e. The highest BCUT2D eigenvalue weighted by molar-refractivity contribution is 5.91. The third kappa shape index (κ3) is 1.31. The van der Waals surface area contributed by atoms with Crippen LogP contribution in [0.25, 0.3) is 10.8 Å². The average molecular weight is 207 g/mol. The van der Waals surface area contributed by atoms with E-state index in [1.165, 1.54) is 35.8 Å². The molecular weight excluding hydrogens is 194 g/mol. The second-order valence-corrected chi connectivity index (χ2v) is 4.43. The summed E-state index contributed by atoms with van der Waals surface area (Å²) in [6, 6.07) is 12.7. The zero-order valence-corrected chi connectivity index (χ0v) is 9.16. The number of fused-ring (bicyclic) bond motifs is 3. The Morgan fingerprint density at radius 3 is 2.56 bits per heavy atom. The van der Waals surface area contributed by atoms with Crippen LogP contribution in [0, 0.1) is 11.3 Å². The van der Waals surface area contributed by atoms with Gasteiger partial charge in [-0.15, -0.1) is 0 Å². The van der Waals surface area contributed by atoms with E-state index < -0.39 is 0 Å². The normalized spacial score (nSPS) is 14.4. The van der Waals surface area contributed by atoms with E-state index in [1.54, 1.807) is 0 Å². The van der Waals surface area contributed by atoms with Crippen LogP contribution in [0.2, 0.25) is 0 Å². The van der Waals surface area contributed by atoms with Crippen molar-refractivity contribution >= 4 is 10.8 Å². The lowest BCUT2D eigenvalue weighted by atomic mass is 9.86. The first-order valence-corrected chi connectivity index (χ1v) is 5.84. The van der Waals surface area contributed by atoms with E-state index >= 15 is 0 Å². The quantitative estimate of drug-likeness (QED) is 0.647. The van der Waals surface area contributed by atoms with Crippen molar-refractivity contribution in [3.8, 4) is 6.07 Å². The van der Waals surface area contributed by atoms with Gasteiger partial charge in [0, 0.05) is 0 Å². The number of hydrogen-bond donors (Lipinski definition) is 0. The fourth-order valence-electron chi connectivity index (χ4n) is 2.72. The summed E-state index contributed by atoms with van der Waals surface area (Å²) in [4.78, 5) is 0. The second kappa shape index (κ2) is 3.64. The summed E-state index contributed by atoms with van der Waals surface area (Å²) < 4.78 is 0. The first-order chi connectivity index (χ1) is 7.90. The maximum Gasteiger partial charge on any atom is 0.0998 e. The van der Waals surface area contributed by atoms with Gasteiger partial charge in [-0.05, 0) is 53.6 Å². The van der Waals surface area contributed by atoms with Gasteiger partial charge in [-0.3, -0.25) is 0 Å². The molecule has 2 aromatic carbocycles. The Labute approximate surface area is 95.3 Å². The summed E-state index contributed by atoms with van der Waals surface area (Å²) >= 11 is 0. The number of nitrogens with zero attached hydrogens (tertiary/aromatic N) is 1. The number of rotatable bonds is 0. The molecule has 0 unspecified atom stereocenters. The molecule has 1 nitrogen and oxygen atoms in total. The van der Waals surface area contributed by atoms with Crippen LogP contribution < -0.4 is 0 Å². The van der Waals surface area contributed by atoms with Gasteiger partial charge in [-0.25, -0.2) is 0 Å².